The summed E-state index contributed by atoms with van der Waals surface area (Å²) in [5, 5.41) is 7.83. The molecule has 7 heteroatoms. The Labute approximate surface area is 193 Å². The fourth-order valence-corrected chi connectivity index (χ4v) is 3.42. The number of benzene rings is 3. The number of anilines is 1. The second kappa shape index (κ2) is 9.81. The van der Waals surface area contributed by atoms with Crippen LogP contribution in [0.3, 0.4) is 0 Å². The molecule has 1 heterocycles. The highest BCUT2D eigenvalue weighted by atomic mass is 79.9. The van der Waals surface area contributed by atoms with Gasteiger partial charge in [0.15, 0.2) is 0 Å². The lowest BCUT2D eigenvalue weighted by molar-refractivity contribution is 0.102. The van der Waals surface area contributed by atoms with Gasteiger partial charge in [-0.05, 0) is 53.6 Å². The molecule has 31 heavy (non-hydrogen) atoms. The van der Waals surface area contributed by atoms with Crippen LogP contribution in [-0.4, -0.2) is 15.7 Å². The Morgan fingerprint density at radius 1 is 1.03 bits per heavy atom. The molecule has 0 atom stereocenters. The largest absolute Gasteiger partial charge is 0.489 e. The molecule has 0 saturated heterocycles. The second-order valence-corrected chi connectivity index (χ2v) is 8.30. The minimum atomic E-state index is -0.189. The lowest BCUT2D eigenvalue weighted by atomic mass is 10.1. The summed E-state index contributed by atoms with van der Waals surface area (Å²) in [7, 11) is 0. The van der Waals surface area contributed by atoms with E-state index >= 15 is 0 Å². The Kier molecular flexibility index (Phi) is 6.70. The van der Waals surface area contributed by atoms with Crippen LogP contribution in [0.4, 0.5) is 5.69 Å². The fraction of sp³-hybridized carbons (Fsp3) is 0.0833. The van der Waals surface area contributed by atoms with Gasteiger partial charge in [-0.15, -0.1) is 0 Å². The van der Waals surface area contributed by atoms with E-state index in [9.17, 15) is 4.79 Å². The molecule has 0 aliphatic heterocycles. The van der Waals surface area contributed by atoms with Crippen molar-refractivity contribution >= 4 is 39.1 Å². The molecule has 0 fully saturated rings. The van der Waals surface area contributed by atoms with Crippen molar-refractivity contribution in [3.8, 4) is 5.75 Å². The first-order chi connectivity index (χ1) is 15.0. The summed E-state index contributed by atoms with van der Waals surface area (Å²) in [6, 6.07) is 22.6. The Morgan fingerprint density at radius 2 is 1.77 bits per heavy atom. The van der Waals surface area contributed by atoms with Gasteiger partial charge in [0.1, 0.15) is 12.4 Å². The van der Waals surface area contributed by atoms with Crippen molar-refractivity contribution in [1.82, 2.24) is 9.78 Å². The van der Waals surface area contributed by atoms with Gasteiger partial charge in [0.05, 0.1) is 18.4 Å². The molecule has 0 saturated carbocycles. The SMILES string of the molecule is O=C(Nc1cnn(Cc2ccc(Br)cc2)c1)c1ccc(COc2cccc(Cl)c2)cc1. The van der Waals surface area contributed by atoms with Crippen LogP contribution in [0.25, 0.3) is 0 Å². The number of carbonyl (C=O) groups excluding carboxylic acids is 1. The molecule has 4 aromatic rings. The van der Waals surface area contributed by atoms with Crippen molar-refractivity contribution in [3.05, 3.63) is 111 Å². The van der Waals surface area contributed by atoms with Gasteiger partial charge < -0.3 is 10.1 Å². The molecular weight excluding hydrogens is 478 g/mol. The third-order valence-corrected chi connectivity index (χ3v) is 5.33. The Balaban J connectivity index is 1.32. The van der Waals surface area contributed by atoms with Crippen LogP contribution < -0.4 is 10.1 Å². The molecule has 156 valence electrons. The lowest BCUT2D eigenvalue weighted by Gasteiger charge is -2.08. The van der Waals surface area contributed by atoms with Crippen molar-refractivity contribution in [2.45, 2.75) is 13.2 Å². The number of rotatable bonds is 7. The number of nitrogens with zero attached hydrogens (tertiary/aromatic N) is 2. The summed E-state index contributed by atoms with van der Waals surface area (Å²) in [5.41, 5.74) is 3.29. The van der Waals surface area contributed by atoms with Crippen molar-refractivity contribution in [2.24, 2.45) is 0 Å². The number of amides is 1. The number of halogens is 2. The number of hydrogen-bond donors (Lipinski definition) is 1. The zero-order valence-corrected chi connectivity index (χ0v) is 18.8. The van der Waals surface area contributed by atoms with Gasteiger partial charge >= 0.3 is 0 Å². The third-order valence-electron chi connectivity index (χ3n) is 4.57. The molecule has 0 radical (unpaired) electrons. The van der Waals surface area contributed by atoms with Crippen molar-refractivity contribution in [1.29, 1.82) is 0 Å². The van der Waals surface area contributed by atoms with Crippen LogP contribution in [0.5, 0.6) is 5.75 Å². The van der Waals surface area contributed by atoms with Crippen LogP contribution in [-0.2, 0) is 13.2 Å². The van der Waals surface area contributed by atoms with E-state index < -0.39 is 0 Å². The van der Waals surface area contributed by atoms with E-state index in [2.05, 4.69) is 26.3 Å². The molecule has 5 nitrogen and oxygen atoms in total. The average Bonchev–Trinajstić information content (AvgIpc) is 3.21. The molecule has 1 aromatic heterocycles. The second-order valence-electron chi connectivity index (χ2n) is 6.95. The molecule has 4 rings (SSSR count). The maximum atomic E-state index is 12.5. The van der Waals surface area contributed by atoms with E-state index in [1.54, 1.807) is 35.1 Å². The van der Waals surface area contributed by atoms with Crippen molar-refractivity contribution < 1.29 is 9.53 Å². The van der Waals surface area contributed by atoms with Gasteiger partial charge in [-0.1, -0.05) is 57.9 Å². The Morgan fingerprint density at radius 3 is 2.52 bits per heavy atom. The van der Waals surface area contributed by atoms with Gasteiger partial charge in [0, 0.05) is 21.3 Å². The molecule has 1 amide bonds. The first-order valence-electron chi connectivity index (χ1n) is 9.61. The van der Waals surface area contributed by atoms with Crippen molar-refractivity contribution in [3.63, 3.8) is 0 Å². The standard InChI is InChI=1S/C24H19BrClN3O2/c25-20-10-6-17(7-11-20)14-29-15-22(13-27-29)28-24(30)19-8-4-18(5-9-19)16-31-23-3-1-2-21(26)12-23/h1-13,15H,14,16H2,(H,28,30). The minimum Gasteiger partial charge on any atom is -0.489 e. The van der Waals surface area contributed by atoms with E-state index in [0.717, 1.165) is 15.6 Å². The van der Waals surface area contributed by atoms with Crippen LogP contribution in [0.1, 0.15) is 21.5 Å². The van der Waals surface area contributed by atoms with Crippen LogP contribution in [0.15, 0.2) is 89.7 Å². The maximum Gasteiger partial charge on any atom is 0.255 e. The van der Waals surface area contributed by atoms with E-state index in [1.165, 1.54) is 0 Å². The number of hydrogen-bond acceptors (Lipinski definition) is 3. The first-order valence-corrected chi connectivity index (χ1v) is 10.8. The summed E-state index contributed by atoms with van der Waals surface area (Å²) in [6.45, 7) is 1.02. The van der Waals surface area contributed by atoms with Gasteiger partial charge in [0.25, 0.3) is 5.91 Å². The van der Waals surface area contributed by atoms with E-state index in [1.807, 2.05) is 54.7 Å². The van der Waals surface area contributed by atoms with E-state index in [4.69, 9.17) is 16.3 Å². The summed E-state index contributed by atoms with van der Waals surface area (Å²) < 4.78 is 8.55. The summed E-state index contributed by atoms with van der Waals surface area (Å²) >= 11 is 9.39. The van der Waals surface area contributed by atoms with Crippen molar-refractivity contribution in [2.75, 3.05) is 5.32 Å². The highest BCUT2D eigenvalue weighted by molar-refractivity contribution is 9.10. The van der Waals surface area contributed by atoms with Gasteiger partial charge in [-0.3, -0.25) is 9.48 Å². The number of aromatic nitrogens is 2. The fourth-order valence-electron chi connectivity index (χ4n) is 2.97. The number of ether oxygens (including phenoxy) is 1. The summed E-state index contributed by atoms with van der Waals surface area (Å²) in [5.74, 6) is 0.514. The van der Waals surface area contributed by atoms with E-state index in [0.29, 0.717) is 35.2 Å². The topological polar surface area (TPSA) is 56.2 Å². The lowest BCUT2D eigenvalue weighted by Crippen LogP contribution is -2.11. The molecule has 3 aromatic carbocycles. The van der Waals surface area contributed by atoms with E-state index in [-0.39, 0.29) is 5.91 Å². The normalized spacial score (nSPS) is 10.6. The molecule has 1 N–H and O–H groups in total. The quantitative estimate of drug-likeness (QED) is 0.332. The number of nitrogens with one attached hydrogen (secondary N) is 1. The Bertz CT molecular complexity index is 1170. The molecule has 0 bridgehead atoms. The predicted molar refractivity (Wildman–Crippen MR) is 126 cm³/mol. The maximum absolute atomic E-state index is 12.5. The average molecular weight is 497 g/mol. The van der Waals surface area contributed by atoms with Crippen LogP contribution >= 0.6 is 27.5 Å². The van der Waals surface area contributed by atoms with Crippen LogP contribution in [0, 0.1) is 0 Å². The monoisotopic (exact) mass is 495 g/mol. The number of carbonyl (C=O) groups is 1. The van der Waals surface area contributed by atoms with Crippen LogP contribution in [0.2, 0.25) is 5.02 Å². The molecular formula is C24H19BrClN3O2. The summed E-state index contributed by atoms with van der Waals surface area (Å²) in [6.07, 6.45) is 3.46. The third kappa shape index (κ3) is 5.96. The zero-order chi connectivity index (χ0) is 21.6. The highest BCUT2D eigenvalue weighted by Gasteiger charge is 2.08. The molecule has 0 unspecified atom stereocenters. The predicted octanol–water partition coefficient (Wildman–Crippen LogP) is 6.18. The summed E-state index contributed by atoms with van der Waals surface area (Å²) in [4.78, 5) is 12.5. The zero-order valence-electron chi connectivity index (χ0n) is 16.5. The Hall–Kier alpha value is -3.09. The molecule has 0 aliphatic carbocycles. The van der Waals surface area contributed by atoms with Gasteiger partial charge in [0.2, 0.25) is 0 Å². The molecule has 0 spiro atoms. The smallest absolute Gasteiger partial charge is 0.255 e. The van der Waals surface area contributed by atoms with Gasteiger partial charge in [-0.2, -0.15) is 5.10 Å². The van der Waals surface area contributed by atoms with Gasteiger partial charge in [-0.25, -0.2) is 0 Å². The minimum absolute atomic E-state index is 0.189. The molecule has 0 aliphatic rings. The highest BCUT2D eigenvalue weighted by Crippen LogP contribution is 2.19. The first kappa shape index (κ1) is 21.2.